The lowest BCUT2D eigenvalue weighted by Crippen LogP contribution is -2.54. The third kappa shape index (κ3) is 5.73. The second-order valence-electron chi connectivity index (χ2n) is 10.1. The van der Waals surface area contributed by atoms with Crippen molar-refractivity contribution < 1.29 is 36.2 Å². The molecule has 1 aromatic heterocycles. The molecular formula is C28H26ClF5N4O4S. The number of thioether (sulfide) groups is 1. The zero-order valence-electron chi connectivity index (χ0n) is 23.0. The van der Waals surface area contributed by atoms with Crippen LogP contribution in [0.5, 0.6) is 0 Å². The van der Waals surface area contributed by atoms with E-state index in [1.807, 2.05) is 0 Å². The highest BCUT2D eigenvalue weighted by molar-refractivity contribution is 7.99. The van der Waals surface area contributed by atoms with Gasteiger partial charge in [0.25, 0.3) is 0 Å². The Hall–Kier alpha value is -3.20. The predicted octanol–water partition coefficient (Wildman–Crippen LogP) is 5.50. The van der Waals surface area contributed by atoms with E-state index in [-0.39, 0.29) is 66.3 Å². The fourth-order valence-corrected chi connectivity index (χ4v) is 6.98. The Morgan fingerprint density at radius 2 is 1.98 bits per heavy atom. The van der Waals surface area contributed by atoms with Crippen molar-refractivity contribution in [3.63, 3.8) is 0 Å². The molecule has 0 N–H and O–H groups in total. The molecule has 0 spiro atoms. The maximum Gasteiger partial charge on any atom is 0.417 e. The molecule has 5 rings (SSSR count). The van der Waals surface area contributed by atoms with Crippen LogP contribution in [0.25, 0.3) is 22.0 Å². The van der Waals surface area contributed by atoms with Crippen molar-refractivity contribution in [3.05, 3.63) is 63.6 Å². The monoisotopic (exact) mass is 644 g/mol. The highest BCUT2D eigenvalue weighted by Gasteiger charge is 2.40. The number of methoxy groups -OCH3 is 1. The van der Waals surface area contributed by atoms with Crippen LogP contribution in [-0.2, 0) is 20.4 Å². The predicted molar refractivity (Wildman–Crippen MR) is 153 cm³/mol. The largest absolute Gasteiger partial charge is 0.417 e. The molecule has 1 saturated heterocycles. The summed E-state index contributed by atoms with van der Waals surface area (Å²) in [7, 11) is 1.42. The molecule has 3 aromatic rings. The fourth-order valence-electron chi connectivity index (χ4n) is 5.51. The number of benzene rings is 2. The molecule has 3 heterocycles. The topological polar surface area (TPSA) is 76.9 Å². The van der Waals surface area contributed by atoms with Crippen molar-refractivity contribution in [3.8, 4) is 11.1 Å². The van der Waals surface area contributed by atoms with E-state index < -0.39 is 57.3 Å². The van der Waals surface area contributed by atoms with Gasteiger partial charge in [-0.25, -0.2) is 13.6 Å². The number of ether oxygens (including phenoxy) is 2. The van der Waals surface area contributed by atoms with Crippen LogP contribution in [0.3, 0.4) is 0 Å². The molecule has 2 aliphatic rings. The number of hydrogen-bond donors (Lipinski definition) is 0. The number of anilines is 1. The van der Waals surface area contributed by atoms with Crippen LogP contribution in [0.2, 0.25) is 5.02 Å². The first kappa shape index (κ1) is 31.2. The second-order valence-corrected chi connectivity index (χ2v) is 11.6. The third-order valence-electron chi connectivity index (χ3n) is 7.41. The molecule has 8 nitrogen and oxygen atoms in total. The maximum absolute atomic E-state index is 15.2. The first-order valence-electron chi connectivity index (χ1n) is 13.1. The van der Waals surface area contributed by atoms with Gasteiger partial charge in [-0.1, -0.05) is 18.2 Å². The molecule has 0 unspecified atom stereocenters. The molecule has 2 atom stereocenters. The summed E-state index contributed by atoms with van der Waals surface area (Å²) in [6.07, 6.45) is -3.80. The lowest BCUT2D eigenvalue weighted by Gasteiger charge is -2.41. The van der Waals surface area contributed by atoms with E-state index in [0.717, 1.165) is 23.9 Å². The molecule has 2 aromatic carbocycles. The first-order chi connectivity index (χ1) is 20.4. The number of carbonyl (C=O) groups excluding carboxylic acids is 1. The van der Waals surface area contributed by atoms with Crippen molar-refractivity contribution >= 4 is 46.0 Å². The number of rotatable bonds is 7. The van der Waals surface area contributed by atoms with E-state index in [1.165, 1.54) is 17.8 Å². The summed E-state index contributed by atoms with van der Waals surface area (Å²) in [6, 6.07) is 1.02. The Morgan fingerprint density at radius 3 is 2.63 bits per heavy atom. The minimum absolute atomic E-state index is 0.00409. The highest BCUT2D eigenvalue weighted by Crippen LogP contribution is 2.50. The molecule has 43 heavy (non-hydrogen) atoms. The molecule has 0 aliphatic carbocycles. The second kappa shape index (κ2) is 12.1. The summed E-state index contributed by atoms with van der Waals surface area (Å²) in [5, 5.41) is -0.546. The van der Waals surface area contributed by atoms with Gasteiger partial charge in [0.2, 0.25) is 5.91 Å². The molecule has 0 saturated carbocycles. The van der Waals surface area contributed by atoms with Crippen LogP contribution in [0.4, 0.5) is 27.8 Å². The molecule has 2 aliphatic heterocycles. The van der Waals surface area contributed by atoms with Crippen molar-refractivity contribution in [1.29, 1.82) is 0 Å². The number of alkyl halides is 3. The molecule has 0 bridgehead atoms. The number of piperazine rings is 1. The molecule has 0 radical (unpaired) electrons. The lowest BCUT2D eigenvalue weighted by atomic mass is 9.95. The average Bonchev–Trinajstić information content (AvgIpc) is 2.96. The molecule has 1 fully saturated rings. The quantitative estimate of drug-likeness (QED) is 0.111. The van der Waals surface area contributed by atoms with Crippen LogP contribution < -0.4 is 10.6 Å². The summed E-state index contributed by atoms with van der Waals surface area (Å²) in [6.45, 7) is 5.79. The van der Waals surface area contributed by atoms with E-state index >= 15 is 4.39 Å². The maximum atomic E-state index is 15.2. The van der Waals surface area contributed by atoms with Gasteiger partial charge in [-0.05, 0) is 25.1 Å². The summed E-state index contributed by atoms with van der Waals surface area (Å²) in [4.78, 5) is 33.3. The Labute approximate surface area is 252 Å². The van der Waals surface area contributed by atoms with Gasteiger partial charge in [0.1, 0.15) is 24.2 Å². The standard InChI is InChI=1S/C28H26ClF5N4O4S/c1-4-22(39)36-5-6-37(14(2)10-36)26-17-7-18(28(32,33)34)23(16-8-19(29)21(31)9-20(16)30)25-24(17)38(27(40)35-26)15(12-43-25)11-42-13-41-3/h4,7-9,14-15H,1,5-6,10-13H2,2-3H3/t14-,15-/m0/s1. The van der Waals surface area contributed by atoms with E-state index in [9.17, 15) is 27.2 Å². The van der Waals surface area contributed by atoms with E-state index in [0.29, 0.717) is 6.07 Å². The SMILES string of the molecule is C=CC(=O)N1CCN(c2nc(=O)n3c4c(c(-c5cc(Cl)c(F)cc5F)c(C(F)(F)F)cc24)SC[C@@H]3COCOC)[C@@H](C)C1. The first-order valence-corrected chi connectivity index (χ1v) is 14.5. The van der Waals surface area contributed by atoms with Gasteiger partial charge in [0.05, 0.1) is 28.8 Å². The summed E-state index contributed by atoms with van der Waals surface area (Å²) in [5.41, 5.74) is -2.94. The van der Waals surface area contributed by atoms with Gasteiger partial charge in [-0.3, -0.25) is 9.36 Å². The van der Waals surface area contributed by atoms with Gasteiger partial charge >= 0.3 is 11.9 Å². The van der Waals surface area contributed by atoms with E-state index in [1.54, 1.807) is 16.7 Å². The van der Waals surface area contributed by atoms with Crippen molar-refractivity contribution in [1.82, 2.24) is 14.5 Å². The minimum Gasteiger partial charge on any atom is -0.359 e. The highest BCUT2D eigenvalue weighted by atomic mass is 35.5. The zero-order valence-corrected chi connectivity index (χ0v) is 24.6. The summed E-state index contributed by atoms with van der Waals surface area (Å²) < 4.78 is 85.2. The van der Waals surface area contributed by atoms with Crippen molar-refractivity contribution in [2.75, 3.05) is 50.8 Å². The number of aromatic nitrogens is 2. The Kier molecular flexibility index (Phi) is 8.76. The smallest absolute Gasteiger partial charge is 0.359 e. The number of halogens is 6. The van der Waals surface area contributed by atoms with Crippen LogP contribution >= 0.6 is 23.4 Å². The van der Waals surface area contributed by atoms with Crippen LogP contribution in [-0.4, -0.2) is 72.3 Å². The third-order valence-corrected chi connectivity index (χ3v) is 8.94. The Balaban J connectivity index is 1.82. The number of amides is 1. The van der Waals surface area contributed by atoms with E-state index in [2.05, 4.69) is 11.6 Å². The van der Waals surface area contributed by atoms with E-state index in [4.69, 9.17) is 21.1 Å². The normalized spacial score (nSPS) is 18.8. The van der Waals surface area contributed by atoms with Gasteiger partial charge in [-0.15, -0.1) is 11.8 Å². The Bertz CT molecular complexity index is 1670. The fraction of sp³-hybridized carbons (Fsp3) is 0.393. The lowest BCUT2D eigenvalue weighted by molar-refractivity contribution is -0.137. The van der Waals surface area contributed by atoms with Gasteiger partial charge in [0, 0.05) is 66.0 Å². The number of hydrogen-bond acceptors (Lipinski definition) is 7. The molecule has 1 amide bonds. The molecule has 15 heteroatoms. The van der Waals surface area contributed by atoms with Crippen LogP contribution in [0, 0.1) is 11.6 Å². The van der Waals surface area contributed by atoms with Gasteiger partial charge in [0.15, 0.2) is 0 Å². The minimum atomic E-state index is -4.98. The Morgan fingerprint density at radius 1 is 1.23 bits per heavy atom. The van der Waals surface area contributed by atoms with Crippen LogP contribution in [0.1, 0.15) is 18.5 Å². The summed E-state index contributed by atoms with van der Waals surface area (Å²) in [5.74, 6) is -2.56. The van der Waals surface area contributed by atoms with Crippen molar-refractivity contribution in [2.24, 2.45) is 0 Å². The van der Waals surface area contributed by atoms with Crippen LogP contribution in [0.15, 0.2) is 40.5 Å². The van der Waals surface area contributed by atoms with Gasteiger partial charge in [-0.2, -0.15) is 18.2 Å². The molecule has 230 valence electrons. The zero-order chi connectivity index (χ0) is 31.2. The average molecular weight is 645 g/mol. The number of nitrogens with zero attached hydrogens (tertiary/aromatic N) is 4. The number of carbonyl (C=O) groups is 1. The summed E-state index contributed by atoms with van der Waals surface area (Å²) >= 11 is 6.90. The molecular weight excluding hydrogens is 619 g/mol. The van der Waals surface area contributed by atoms with Crippen molar-refractivity contribution in [2.45, 2.75) is 30.1 Å². The van der Waals surface area contributed by atoms with Gasteiger partial charge < -0.3 is 19.3 Å².